The minimum absolute atomic E-state index is 0.282. The first-order valence-corrected chi connectivity index (χ1v) is 3.56. The zero-order valence-corrected chi connectivity index (χ0v) is 6.62. The van der Waals surface area contributed by atoms with Crippen LogP contribution in [0.3, 0.4) is 0 Å². The second-order valence-corrected chi connectivity index (χ2v) is 2.21. The van der Waals surface area contributed by atoms with Crippen molar-refractivity contribution in [2.75, 3.05) is 6.61 Å². The van der Waals surface area contributed by atoms with Crippen LogP contribution in [-0.2, 0) is 0 Å². The van der Waals surface area contributed by atoms with Crippen LogP contribution in [0.5, 0.6) is 5.75 Å². The van der Waals surface area contributed by atoms with E-state index in [9.17, 15) is 4.79 Å². The lowest BCUT2D eigenvalue weighted by Crippen LogP contribution is -2.12. The van der Waals surface area contributed by atoms with Crippen LogP contribution in [0, 0.1) is 6.92 Å². The maximum Gasteiger partial charge on any atom is 0.252 e. The Kier molecular flexibility index (Phi) is 2.69. The molecule has 0 aromatic heterocycles. The minimum Gasteiger partial charge on any atom is -0.493 e. The lowest BCUT2D eigenvalue weighted by molar-refractivity contribution is 0.0997. The van der Waals surface area contributed by atoms with Crippen molar-refractivity contribution in [3.05, 3.63) is 36.8 Å². The number of hydrogen-bond donors (Lipinski definition) is 1. The van der Waals surface area contributed by atoms with Gasteiger partial charge in [0.25, 0.3) is 5.91 Å². The number of ether oxygens (including phenoxy) is 1. The van der Waals surface area contributed by atoms with Crippen LogP contribution < -0.4 is 10.5 Å². The molecular weight excluding hydrogens is 154 g/mol. The van der Waals surface area contributed by atoms with Crippen LogP contribution >= 0.6 is 0 Å². The normalized spacial score (nSPS) is 9.42. The summed E-state index contributed by atoms with van der Waals surface area (Å²) in [5, 5.41) is 0. The van der Waals surface area contributed by atoms with Gasteiger partial charge in [-0.15, -0.1) is 0 Å². The summed E-state index contributed by atoms with van der Waals surface area (Å²) in [7, 11) is 0. The smallest absolute Gasteiger partial charge is 0.252 e. The molecule has 1 aromatic carbocycles. The Labute approximate surface area is 71.1 Å². The van der Waals surface area contributed by atoms with Gasteiger partial charge < -0.3 is 10.5 Å². The van der Waals surface area contributed by atoms with Gasteiger partial charge in [0, 0.05) is 0 Å². The maximum absolute atomic E-state index is 10.8. The average molecular weight is 164 g/mol. The molecule has 0 bridgehead atoms. The molecule has 0 saturated heterocycles. The number of benzene rings is 1. The highest BCUT2D eigenvalue weighted by Crippen LogP contribution is 2.16. The van der Waals surface area contributed by atoms with Gasteiger partial charge in [0.2, 0.25) is 0 Å². The molecular formula is C9H10NO2. The van der Waals surface area contributed by atoms with E-state index in [1.165, 1.54) is 0 Å². The van der Waals surface area contributed by atoms with E-state index in [-0.39, 0.29) is 6.61 Å². The average Bonchev–Trinajstić information content (AvgIpc) is 2.05. The monoisotopic (exact) mass is 164 g/mol. The summed E-state index contributed by atoms with van der Waals surface area (Å²) in [4.78, 5) is 10.8. The van der Waals surface area contributed by atoms with Crippen molar-refractivity contribution in [1.82, 2.24) is 0 Å². The number of hydrogen-bond acceptors (Lipinski definition) is 2. The van der Waals surface area contributed by atoms with Crippen LogP contribution in [0.4, 0.5) is 0 Å². The zero-order chi connectivity index (χ0) is 8.97. The molecule has 63 valence electrons. The first kappa shape index (κ1) is 8.59. The number of amides is 1. The molecule has 0 aliphatic carbocycles. The Hall–Kier alpha value is -1.51. The fourth-order valence-electron chi connectivity index (χ4n) is 0.906. The van der Waals surface area contributed by atoms with Gasteiger partial charge >= 0.3 is 0 Å². The molecule has 0 heterocycles. The van der Waals surface area contributed by atoms with E-state index in [0.29, 0.717) is 11.3 Å². The molecule has 1 aromatic rings. The summed E-state index contributed by atoms with van der Waals surface area (Å²) in [5.74, 6) is -0.000880. The number of primary amides is 1. The van der Waals surface area contributed by atoms with E-state index in [1.54, 1.807) is 24.3 Å². The maximum atomic E-state index is 10.8. The SMILES string of the molecule is [CH2]COc1ccccc1C(N)=O. The van der Waals surface area contributed by atoms with Gasteiger partial charge in [-0.2, -0.15) is 0 Å². The van der Waals surface area contributed by atoms with Crippen molar-refractivity contribution >= 4 is 5.91 Å². The molecule has 0 saturated carbocycles. The Morgan fingerprint density at radius 3 is 2.75 bits per heavy atom. The number of carbonyl (C=O) groups excluding carboxylic acids is 1. The zero-order valence-electron chi connectivity index (χ0n) is 6.62. The minimum atomic E-state index is -0.487. The van der Waals surface area contributed by atoms with Gasteiger partial charge in [0.15, 0.2) is 0 Å². The van der Waals surface area contributed by atoms with Crippen molar-refractivity contribution in [2.24, 2.45) is 5.73 Å². The predicted molar refractivity (Wildman–Crippen MR) is 45.8 cm³/mol. The molecule has 0 spiro atoms. The third kappa shape index (κ3) is 1.75. The van der Waals surface area contributed by atoms with Crippen molar-refractivity contribution in [2.45, 2.75) is 0 Å². The van der Waals surface area contributed by atoms with Gasteiger partial charge in [-0.05, 0) is 19.1 Å². The summed E-state index contributed by atoms with van der Waals surface area (Å²) in [6, 6.07) is 6.81. The van der Waals surface area contributed by atoms with Gasteiger partial charge in [0.05, 0.1) is 12.2 Å². The second kappa shape index (κ2) is 3.76. The molecule has 1 radical (unpaired) electrons. The van der Waals surface area contributed by atoms with Crippen LogP contribution in [0.15, 0.2) is 24.3 Å². The first-order valence-electron chi connectivity index (χ1n) is 3.56. The largest absolute Gasteiger partial charge is 0.493 e. The molecule has 0 unspecified atom stereocenters. The van der Waals surface area contributed by atoms with E-state index < -0.39 is 5.91 Å². The van der Waals surface area contributed by atoms with E-state index in [0.717, 1.165) is 0 Å². The standard InChI is InChI=1S/C9H10NO2/c1-2-12-8-6-4-3-5-7(8)9(10)11/h3-6H,1-2H2,(H2,10,11). The predicted octanol–water partition coefficient (Wildman–Crippen LogP) is 0.998. The number of nitrogens with two attached hydrogens (primary N) is 1. The summed E-state index contributed by atoms with van der Waals surface area (Å²) in [6.45, 7) is 3.79. The van der Waals surface area contributed by atoms with Crippen LogP contribution in [0.25, 0.3) is 0 Å². The molecule has 1 rings (SSSR count). The van der Waals surface area contributed by atoms with Crippen LogP contribution in [-0.4, -0.2) is 12.5 Å². The van der Waals surface area contributed by atoms with Crippen molar-refractivity contribution in [3.63, 3.8) is 0 Å². The van der Waals surface area contributed by atoms with E-state index in [1.807, 2.05) is 0 Å². The molecule has 0 aliphatic heterocycles. The van der Waals surface area contributed by atoms with Crippen molar-refractivity contribution < 1.29 is 9.53 Å². The number of carbonyl (C=O) groups is 1. The summed E-state index contributed by atoms with van der Waals surface area (Å²) >= 11 is 0. The molecule has 3 nitrogen and oxygen atoms in total. The van der Waals surface area contributed by atoms with E-state index in [2.05, 4.69) is 6.92 Å². The van der Waals surface area contributed by atoms with Gasteiger partial charge in [0.1, 0.15) is 5.75 Å². The molecule has 0 atom stereocenters. The molecule has 3 heteroatoms. The lowest BCUT2D eigenvalue weighted by Gasteiger charge is -2.05. The summed E-state index contributed by atoms with van der Waals surface area (Å²) in [6.07, 6.45) is 0. The van der Waals surface area contributed by atoms with Crippen molar-refractivity contribution in [1.29, 1.82) is 0 Å². The molecule has 1 amide bonds. The number of rotatable bonds is 3. The molecule has 0 fully saturated rings. The van der Waals surface area contributed by atoms with Gasteiger partial charge in [-0.3, -0.25) is 4.79 Å². The summed E-state index contributed by atoms with van der Waals surface area (Å²) in [5.41, 5.74) is 5.50. The highest BCUT2D eigenvalue weighted by Gasteiger charge is 2.06. The van der Waals surface area contributed by atoms with Gasteiger partial charge in [-0.1, -0.05) is 12.1 Å². The quantitative estimate of drug-likeness (QED) is 0.724. The molecule has 2 N–H and O–H groups in total. The van der Waals surface area contributed by atoms with E-state index >= 15 is 0 Å². The molecule has 0 aliphatic rings. The highest BCUT2D eigenvalue weighted by molar-refractivity contribution is 5.95. The lowest BCUT2D eigenvalue weighted by atomic mass is 10.2. The Bertz CT molecular complexity index is 284. The van der Waals surface area contributed by atoms with Gasteiger partial charge in [-0.25, -0.2) is 0 Å². The van der Waals surface area contributed by atoms with Crippen LogP contribution in [0.1, 0.15) is 10.4 Å². The Morgan fingerprint density at radius 2 is 2.17 bits per heavy atom. The van der Waals surface area contributed by atoms with Crippen molar-refractivity contribution in [3.8, 4) is 5.75 Å². The first-order chi connectivity index (χ1) is 5.75. The topological polar surface area (TPSA) is 52.3 Å². The highest BCUT2D eigenvalue weighted by atomic mass is 16.5. The Morgan fingerprint density at radius 1 is 1.50 bits per heavy atom. The molecule has 12 heavy (non-hydrogen) atoms. The third-order valence-electron chi connectivity index (χ3n) is 1.41. The van der Waals surface area contributed by atoms with Crippen LogP contribution in [0.2, 0.25) is 0 Å². The fraction of sp³-hybridized carbons (Fsp3) is 0.111. The fourth-order valence-corrected chi connectivity index (χ4v) is 0.906. The second-order valence-electron chi connectivity index (χ2n) is 2.21. The number of para-hydroxylation sites is 1. The summed E-state index contributed by atoms with van der Waals surface area (Å²) < 4.78 is 5.09. The van der Waals surface area contributed by atoms with E-state index in [4.69, 9.17) is 10.5 Å². The third-order valence-corrected chi connectivity index (χ3v) is 1.41. The Balaban J connectivity index is 3.00.